The topological polar surface area (TPSA) is 66.8 Å². The maximum absolute atomic E-state index is 13.8. The third kappa shape index (κ3) is 3.92. The van der Waals surface area contributed by atoms with E-state index in [0.29, 0.717) is 26.1 Å². The summed E-state index contributed by atoms with van der Waals surface area (Å²) in [7, 11) is 0. The molecule has 2 rings (SSSR count). The SMILES string of the molecule is O=C(O)CN(C(=O)c1cc(Cl)ccc1F)C1CCOCC1. The van der Waals surface area contributed by atoms with E-state index in [9.17, 15) is 14.0 Å². The second-order valence-corrected chi connectivity index (χ2v) is 5.23. The molecule has 0 bridgehead atoms. The number of aliphatic carboxylic acids is 1. The molecule has 1 fully saturated rings. The monoisotopic (exact) mass is 315 g/mol. The highest BCUT2D eigenvalue weighted by atomic mass is 35.5. The first-order valence-corrected chi connectivity index (χ1v) is 6.92. The van der Waals surface area contributed by atoms with Crippen LogP contribution in [-0.2, 0) is 9.53 Å². The number of carboxylic acid groups (broad SMARTS) is 1. The maximum atomic E-state index is 13.8. The Balaban J connectivity index is 2.28. The first kappa shape index (κ1) is 15.7. The highest BCUT2D eigenvalue weighted by Gasteiger charge is 2.29. The molecule has 0 aliphatic carbocycles. The quantitative estimate of drug-likeness (QED) is 0.925. The minimum absolute atomic E-state index is 0.213. The minimum Gasteiger partial charge on any atom is -0.480 e. The van der Waals surface area contributed by atoms with Crippen molar-refractivity contribution in [2.75, 3.05) is 19.8 Å². The van der Waals surface area contributed by atoms with Crippen molar-refractivity contribution < 1.29 is 23.8 Å². The average molecular weight is 316 g/mol. The van der Waals surface area contributed by atoms with Crippen LogP contribution in [0.3, 0.4) is 0 Å². The molecule has 0 aromatic heterocycles. The highest BCUT2D eigenvalue weighted by molar-refractivity contribution is 6.31. The number of nitrogens with zero attached hydrogens (tertiary/aromatic N) is 1. The van der Waals surface area contributed by atoms with Crippen LogP contribution in [-0.4, -0.2) is 47.7 Å². The van der Waals surface area contributed by atoms with Crippen molar-refractivity contribution in [3.05, 3.63) is 34.6 Å². The van der Waals surface area contributed by atoms with E-state index in [2.05, 4.69) is 0 Å². The number of hydrogen-bond donors (Lipinski definition) is 1. The lowest BCUT2D eigenvalue weighted by Crippen LogP contribution is -2.46. The van der Waals surface area contributed by atoms with Gasteiger partial charge in [0.15, 0.2) is 0 Å². The summed E-state index contributed by atoms with van der Waals surface area (Å²) in [5.41, 5.74) is -0.213. The summed E-state index contributed by atoms with van der Waals surface area (Å²) >= 11 is 5.78. The fourth-order valence-corrected chi connectivity index (χ4v) is 2.50. The van der Waals surface area contributed by atoms with E-state index >= 15 is 0 Å². The molecule has 1 aliphatic rings. The van der Waals surface area contributed by atoms with Crippen LogP contribution >= 0.6 is 11.6 Å². The summed E-state index contributed by atoms with van der Waals surface area (Å²) in [6.07, 6.45) is 1.06. The molecule has 0 saturated carbocycles. The zero-order chi connectivity index (χ0) is 15.4. The summed E-state index contributed by atoms with van der Waals surface area (Å²) in [6.45, 7) is 0.424. The van der Waals surface area contributed by atoms with Gasteiger partial charge in [-0.1, -0.05) is 11.6 Å². The van der Waals surface area contributed by atoms with Crippen molar-refractivity contribution in [3.63, 3.8) is 0 Å². The van der Waals surface area contributed by atoms with Gasteiger partial charge in [0.25, 0.3) is 5.91 Å². The van der Waals surface area contributed by atoms with E-state index in [4.69, 9.17) is 21.4 Å². The van der Waals surface area contributed by atoms with Crippen LogP contribution in [0.2, 0.25) is 5.02 Å². The number of halogens is 2. The first-order valence-electron chi connectivity index (χ1n) is 6.54. The van der Waals surface area contributed by atoms with Crippen LogP contribution in [0, 0.1) is 5.82 Å². The molecule has 1 amide bonds. The lowest BCUT2D eigenvalue weighted by atomic mass is 10.0. The molecule has 21 heavy (non-hydrogen) atoms. The van der Waals surface area contributed by atoms with Crippen LogP contribution in [0.4, 0.5) is 4.39 Å². The molecule has 0 spiro atoms. The Morgan fingerprint density at radius 2 is 2.05 bits per heavy atom. The number of carbonyl (C=O) groups excluding carboxylic acids is 1. The third-order valence-corrected chi connectivity index (χ3v) is 3.59. The standard InChI is InChI=1S/C14H15ClFNO4/c15-9-1-2-12(16)11(7-9)14(20)17(8-13(18)19)10-3-5-21-6-4-10/h1-2,7,10H,3-6,8H2,(H,18,19). The Hall–Kier alpha value is -1.66. The molecule has 5 nitrogen and oxygen atoms in total. The van der Waals surface area contributed by atoms with Gasteiger partial charge in [0.2, 0.25) is 0 Å². The van der Waals surface area contributed by atoms with Gasteiger partial charge in [-0.15, -0.1) is 0 Å². The summed E-state index contributed by atoms with van der Waals surface area (Å²) in [6, 6.07) is 3.37. The van der Waals surface area contributed by atoms with Crippen molar-refractivity contribution >= 4 is 23.5 Å². The maximum Gasteiger partial charge on any atom is 0.323 e. The molecule has 7 heteroatoms. The van der Waals surface area contributed by atoms with Crippen LogP contribution < -0.4 is 0 Å². The van der Waals surface area contributed by atoms with Crippen molar-refractivity contribution in [2.45, 2.75) is 18.9 Å². The second-order valence-electron chi connectivity index (χ2n) is 4.79. The summed E-state index contributed by atoms with van der Waals surface area (Å²) in [5.74, 6) is -2.52. The minimum atomic E-state index is -1.14. The van der Waals surface area contributed by atoms with E-state index in [1.807, 2.05) is 0 Å². The lowest BCUT2D eigenvalue weighted by Gasteiger charge is -2.33. The molecule has 1 aromatic carbocycles. The Morgan fingerprint density at radius 1 is 1.38 bits per heavy atom. The van der Waals surface area contributed by atoms with Gasteiger partial charge < -0.3 is 14.7 Å². The van der Waals surface area contributed by atoms with Crippen molar-refractivity contribution in [3.8, 4) is 0 Å². The van der Waals surface area contributed by atoms with E-state index in [1.54, 1.807) is 0 Å². The number of rotatable bonds is 4. The van der Waals surface area contributed by atoms with Crippen LogP contribution in [0.15, 0.2) is 18.2 Å². The third-order valence-electron chi connectivity index (χ3n) is 3.36. The van der Waals surface area contributed by atoms with Gasteiger partial charge in [0.1, 0.15) is 12.4 Å². The van der Waals surface area contributed by atoms with Crippen LogP contribution in [0.1, 0.15) is 23.2 Å². The predicted molar refractivity (Wildman–Crippen MR) is 73.9 cm³/mol. The van der Waals surface area contributed by atoms with Crippen LogP contribution in [0.5, 0.6) is 0 Å². The number of carboxylic acids is 1. The van der Waals surface area contributed by atoms with Crippen molar-refractivity contribution in [1.82, 2.24) is 4.90 Å². The molecule has 1 saturated heterocycles. The smallest absolute Gasteiger partial charge is 0.323 e. The lowest BCUT2D eigenvalue weighted by molar-refractivity contribution is -0.138. The Bertz CT molecular complexity index is 546. The molecule has 0 radical (unpaired) electrons. The first-order chi connectivity index (χ1) is 9.99. The van der Waals surface area contributed by atoms with Gasteiger partial charge in [-0.05, 0) is 31.0 Å². The van der Waals surface area contributed by atoms with E-state index in [0.717, 1.165) is 6.07 Å². The fraction of sp³-hybridized carbons (Fsp3) is 0.429. The van der Waals surface area contributed by atoms with Gasteiger partial charge in [-0.3, -0.25) is 9.59 Å². The number of carbonyl (C=O) groups is 2. The van der Waals surface area contributed by atoms with E-state index < -0.39 is 24.2 Å². The Labute approximate surface area is 126 Å². The molecule has 1 aliphatic heterocycles. The molecular formula is C14H15ClFNO4. The molecule has 1 heterocycles. The Kier molecular flexibility index (Phi) is 5.14. The zero-order valence-electron chi connectivity index (χ0n) is 11.2. The molecule has 1 N–H and O–H groups in total. The van der Waals surface area contributed by atoms with Gasteiger partial charge in [0.05, 0.1) is 5.56 Å². The normalized spacial score (nSPS) is 15.7. The number of ether oxygens (including phenoxy) is 1. The number of amides is 1. The van der Waals surface area contributed by atoms with Crippen molar-refractivity contribution in [2.24, 2.45) is 0 Å². The number of hydrogen-bond acceptors (Lipinski definition) is 3. The molecular weight excluding hydrogens is 301 g/mol. The van der Waals surface area contributed by atoms with Gasteiger partial charge in [0, 0.05) is 24.3 Å². The molecule has 0 atom stereocenters. The van der Waals surface area contributed by atoms with Crippen LogP contribution in [0.25, 0.3) is 0 Å². The van der Waals surface area contributed by atoms with E-state index in [-0.39, 0.29) is 16.6 Å². The Morgan fingerprint density at radius 3 is 2.67 bits per heavy atom. The molecule has 114 valence electrons. The summed E-state index contributed by atoms with van der Waals surface area (Å²) in [5, 5.41) is 9.21. The van der Waals surface area contributed by atoms with E-state index in [1.165, 1.54) is 17.0 Å². The molecule has 1 aromatic rings. The van der Waals surface area contributed by atoms with Gasteiger partial charge >= 0.3 is 5.97 Å². The summed E-state index contributed by atoms with van der Waals surface area (Å²) < 4.78 is 19.0. The number of benzene rings is 1. The predicted octanol–water partition coefficient (Wildman–Crippen LogP) is 2.18. The second kappa shape index (κ2) is 6.87. The molecule has 0 unspecified atom stereocenters. The average Bonchev–Trinajstić information content (AvgIpc) is 2.47. The van der Waals surface area contributed by atoms with Crippen molar-refractivity contribution in [1.29, 1.82) is 0 Å². The largest absolute Gasteiger partial charge is 0.480 e. The zero-order valence-corrected chi connectivity index (χ0v) is 12.0. The fourth-order valence-electron chi connectivity index (χ4n) is 2.33. The highest BCUT2D eigenvalue weighted by Crippen LogP contribution is 2.21. The summed E-state index contributed by atoms with van der Waals surface area (Å²) in [4.78, 5) is 24.7. The van der Waals surface area contributed by atoms with Gasteiger partial charge in [-0.2, -0.15) is 0 Å². The van der Waals surface area contributed by atoms with Gasteiger partial charge in [-0.25, -0.2) is 4.39 Å².